The molecule has 0 saturated carbocycles. The minimum absolute atomic E-state index is 0.259. The molecule has 29 heavy (non-hydrogen) atoms. The highest BCUT2D eigenvalue weighted by Gasteiger charge is 2.27. The normalized spacial score (nSPS) is 11.8. The van der Waals surface area contributed by atoms with Gasteiger partial charge in [-0.1, -0.05) is 64.1 Å². The van der Waals surface area contributed by atoms with Crippen LogP contribution in [-0.4, -0.2) is 13.1 Å². The molecule has 3 aromatic carbocycles. The lowest BCUT2D eigenvalue weighted by molar-refractivity contribution is 0.0379. The zero-order valence-electron chi connectivity index (χ0n) is 14.9. The molecule has 0 spiro atoms. The number of hydrogen-bond acceptors (Lipinski definition) is 3. The standard InChI is InChI=1S/C21H13Cl5O3/c1-28-14-9-17(25)19(18(26)10-14)20(15-7-6-13(23)8-16(15)24)29-21(27)11-2-4-12(22)5-3-11/h2-10,20H,1H3/t20-/m0/s1. The first-order valence-electron chi connectivity index (χ1n) is 8.24. The fourth-order valence-corrected chi connectivity index (χ4v) is 3.98. The Morgan fingerprint density at radius 3 is 1.93 bits per heavy atom. The summed E-state index contributed by atoms with van der Waals surface area (Å²) in [5.41, 5.74) is 1.17. The lowest BCUT2D eigenvalue weighted by Gasteiger charge is -2.22. The number of methoxy groups -OCH3 is 1. The van der Waals surface area contributed by atoms with Crippen LogP contribution in [-0.2, 0) is 4.74 Å². The maximum atomic E-state index is 12.8. The van der Waals surface area contributed by atoms with Gasteiger partial charge in [-0.25, -0.2) is 4.79 Å². The van der Waals surface area contributed by atoms with E-state index < -0.39 is 12.1 Å². The van der Waals surface area contributed by atoms with Gasteiger partial charge in [-0.15, -0.1) is 0 Å². The average molecular weight is 491 g/mol. The van der Waals surface area contributed by atoms with Crippen LogP contribution in [0.3, 0.4) is 0 Å². The first kappa shape index (κ1) is 22.1. The van der Waals surface area contributed by atoms with Gasteiger partial charge in [0.25, 0.3) is 0 Å². The van der Waals surface area contributed by atoms with Crippen LogP contribution in [0.15, 0.2) is 54.6 Å². The maximum absolute atomic E-state index is 12.8. The molecule has 0 aliphatic carbocycles. The summed E-state index contributed by atoms with van der Waals surface area (Å²) in [4.78, 5) is 12.8. The molecule has 0 unspecified atom stereocenters. The third-order valence-electron chi connectivity index (χ3n) is 4.10. The highest BCUT2D eigenvalue weighted by molar-refractivity contribution is 6.37. The van der Waals surface area contributed by atoms with E-state index in [1.54, 1.807) is 54.6 Å². The first-order valence-corrected chi connectivity index (χ1v) is 10.1. The van der Waals surface area contributed by atoms with Crippen molar-refractivity contribution in [2.45, 2.75) is 6.10 Å². The number of benzene rings is 3. The van der Waals surface area contributed by atoms with Gasteiger partial charge in [0.2, 0.25) is 0 Å². The van der Waals surface area contributed by atoms with Gasteiger partial charge < -0.3 is 9.47 Å². The zero-order chi connectivity index (χ0) is 21.1. The van der Waals surface area contributed by atoms with Crippen molar-refractivity contribution in [2.75, 3.05) is 7.11 Å². The summed E-state index contributed by atoms with van der Waals surface area (Å²) >= 11 is 31.2. The predicted molar refractivity (Wildman–Crippen MR) is 118 cm³/mol. The summed E-state index contributed by atoms with van der Waals surface area (Å²) < 4.78 is 11.0. The fraction of sp³-hybridized carbons (Fsp3) is 0.0952. The van der Waals surface area contributed by atoms with Gasteiger partial charge in [-0.2, -0.15) is 0 Å². The van der Waals surface area contributed by atoms with E-state index >= 15 is 0 Å². The van der Waals surface area contributed by atoms with Crippen molar-refractivity contribution in [3.05, 3.63) is 96.4 Å². The second-order valence-corrected chi connectivity index (χ2v) is 8.06. The van der Waals surface area contributed by atoms with E-state index in [-0.39, 0.29) is 10.0 Å². The Balaban J connectivity index is 2.10. The lowest BCUT2D eigenvalue weighted by Crippen LogP contribution is -2.14. The number of esters is 1. The molecule has 0 aromatic heterocycles. The minimum atomic E-state index is -0.978. The molecule has 0 aliphatic rings. The van der Waals surface area contributed by atoms with Gasteiger partial charge >= 0.3 is 5.97 Å². The first-order chi connectivity index (χ1) is 13.8. The molecule has 8 heteroatoms. The third-order valence-corrected chi connectivity index (χ3v) is 5.54. The molecule has 0 N–H and O–H groups in total. The van der Waals surface area contributed by atoms with Crippen LogP contribution in [0.1, 0.15) is 27.6 Å². The summed E-state index contributed by atoms with van der Waals surface area (Å²) in [6.07, 6.45) is -0.978. The summed E-state index contributed by atoms with van der Waals surface area (Å²) in [6, 6.07) is 14.3. The fourth-order valence-electron chi connectivity index (χ4n) is 2.68. The monoisotopic (exact) mass is 488 g/mol. The number of ether oxygens (including phenoxy) is 2. The maximum Gasteiger partial charge on any atom is 0.339 e. The van der Waals surface area contributed by atoms with Gasteiger partial charge in [0.05, 0.1) is 22.7 Å². The second kappa shape index (κ2) is 9.46. The van der Waals surface area contributed by atoms with Crippen molar-refractivity contribution >= 4 is 64.0 Å². The highest BCUT2D eigenvalue weighted by atomic mass is 35.5. The predicted octanol–water partition coefficient (Wildman–Crippen LogP) is 7.91. The van der Waals surface area contributed by atoms with Crippen LogP contribution in [0.2, 0.25) is 25.1 Å². The summed E-state index contributed by atoms with van der Waals surface area (Å²) in [6.45, 7) is 0. The number of hydrogen-bond donors (Lipinski definition) is 0. The van der Waals surface area contributed by atoms with E-state index in [0.29, 0.717) is 37.5 Å². The Hall–Kier alpha value is -1.62. The number of carbonyl (C=O) groups excluding carboxylic acids is 1. The van der Waals surface area contributed by atoms with E-state index in [9.17, 15) is 4.79 Å². The molecule has 3 aromatic rings. The van der Waals surface area contributed by atoms with Gasteiger partial charge in [-0.3, -0.25) is 0 Å². The lowest BCUT2D eigenvalue weighted by atomic mass is 10.0. The van der Waals surface area contributed by atoms with Crippen molar-refractivity contribution in [1.29, 1.82) is 0 Å². The molecule has 0 amide bonds. The Morgan fingerprint density at radius 1 is 0.793 bits per heavy atom. The van der Waals surface area contributed by atoms with E-state index in [1.165, 1.54) is 7.11 Å². The molecule has 150 valence electrons. The molecule has 0 saturated heterocycles. The summed E-state index contributed by atoms with van der Waals surface area (Å²) in [5.74, 6) is -0.130. The molecule has 3 rings (SSSR count). The molecule has 0 aliphatic heterocycles. The van der Waals surface area contributed by atoms with Crippen LogP contribution in [0.5, 0.6) is 5.75 Å². The van der Waals surface area contributed by atoms with Gasteiger partial charge in [-0.05, 0) is 48.5 Å². The Morgan fingerprint density at radius 2 is 1.38 bits per heavy atom. The molecule has 0 bridgehead atoms. The largest absolute Gasteiger partial charge is 0.497 e. The number of halogens is 5. The molecular weight excluding hydrogens is 477 g/mol. The summed E-state index contributed by atoms with van der Waals surface area (Å²) in [7, 11) is 1.50. The van der Waals surface area contributed by atoms with Crippen molar-refractivity contribution in [3.63, 3.8) is 0 Å². The van der Waals surface area contributed by atoms with Crippen molar-refractivity contribution < 1.29 is 14.3 Å². The van der Waals surface area contributed by atoms with Crippen LogP contribution in [0, 0.1) is 0 Å². The minimum Gasteiger partial charge on any atom is -0.497 e. The quantitative estimate of drug-likeness (QED) is 0.341. The second-order valence-electron chi connectivity index (χ2n) is 5.96. The molecule has 1 atom stereocenters. The van der Waals surface area contributed by atoms with Crippen molar-refractivity contribution in [2.24, 2.45) is 0 Å². The van der Waals surface area contributed by atoms with E-state index in [4.69, 9.17) is 67.5 Å². The van der Waals surface area contributed by atoms with Crippen molar-refractivity contribution in [1.82, 2.24) is 0 Å². The number of carbonyl (C=O) groups is 1. The molecule has 0 radical (unpaired) electrons. The van der Waals surface area contributed by atoms with Crippen LogP contribution in [0.4, 0.5) is 0 Å². The topological polar surface area (TPSA) is 35.5 Å². The van der Waals surface area contributed by atoms with Gasteiger partial charge in [0.15, 0.2) is 6.10 Å². The Labute approximate surface area is 193 Å². The molecule has 0 heterocycles. The zero-order valence-corrected chi connectivity index (χ0v) is 18.7. The van der Waals surface area contributed by atoms with E-state index in [1.807, 2.05) is 0 Å². The smallest absolute Gasteiger partial charge is 0.339 e. The molecular formula is C21H13Cl5O3. The average Bonchev–Trinajstić information content (AvgIpc) is 2.67. The Bertz CT molecular complexity index is 1030. The third kappa shape index (κ3) is 5.11. The van der Waals surface area contributed by atoms with E-state index in [2.05, 4.69) is 0 Å². The van der Waals surface area contributed by atoms with Crippen LogP contribution < -0.4 is 4.74 Å². The SMILES string of the molecule is COc1cc(Cl)c([C@@H](OC(=O)c2ccc(Cl)cc2)c2ccc(Cl)cc2Cl)c(Cl)c1. The van der Waals surface area contributed by atoms with Crippen LogP contribution in [0.25, 0.3) is 0 Å². The van der Waals surface area contributed by atoms with Crippen molar-refractivity contribution in [3.8, 4) is 5.75 Å². The van der Waals surface area contributed by atoms with Crippen LogP contribution >= 0.6 is 58.0 Å². The summed E-state index contributed by atoms with van der Waals surface area (Å²) in [5, 5.41) is 1.76. The van der Waals surface area contributed by atoms with Gasteiger partial charge in [0, 0.05) is 26.2 Å². The van der Waals surface area contributed by atoms with E-state index in [0.717, 1.165) is 0 Å². The molecule has 3 nitrogen and oxygen atoms in total. The molecule has 0 fully saturated rings. The number of rotatable bonds is 5. The highest BCUT2D eigenvalue weighted by Crippen LogP contribution is 2.42. The Kier molecular flexibility index (Phi) is 7.20. The van der Waals surface area contributed by atoms with Gasteiger partial charge in [0.1, 0.15) is 5.75 Å².